The minimum atomic E-state index is 0.363. The lowest BCUT2D eigenvalue weighted by Gasteiger charge is -2.10. The quantitative estimate of drug-likeness (QED) is 0.436. The number of anilines is 3. The molecule has 0 atom stereocenters. The van der Waals surface area contributed by atoms with E-state index in [0.29, 0.717) is 36.5 Å². The second-order valence-corrected chi connectivity index (χ2v) is 5.28. The van der Waals surface area contributed by atoms with Crippen molar-refractivity contribution >= 4 is 28.9 Å². The summed E-state index contributed by atoms with van der Waals surface area (Å²) in [6.45, 7) is 1.06. The lowest BCUT2D eigenvalue weighted by molar-refractivity contribution is 0.333. The maximum absolute atomic E-state index is 5.68. The standard InChI is InChI=1S/C17H16N8O/c1-2-5-12(6-3-1)26-10-9-18-14-13-15(22-11-21-13)24-17(23-14)25-16-19-7-4-8-20-16/h1-8,11H,9-10H2,(H3,18,19,20,21,22,23,24,25). The molecule has 1 aromatic carbocycles. The third kappa shape index (κ3) is 3.66. The van der Waals surface area contributed by atoms with Crippen molar-refractivity contribution in [3.63, 3.8) is 0 Å². The number of rotatable bonds is 7. The third-order valence-electron chi connectivity index (χ3n) is 3.48. The summed E-state index contributed by atoms with van der Waals surface area (Å²) in [5.41, 5.74) is 1.27. The maximum Gasteiger partial charge on any atom is 0.233 e. The van der Waals surface area contributed by atoms with Crippen molar-refractivity contribution < 1.29 is 4.74 Å². The fraction of sp³-hybridized carbons (Fsp3) is 0.118. The van der Waals surface area contributed by atoms with Gasteiger partial charge in [-0.3, -0.25) is 5.32 Å². The molecule has 0 spiro atoms. The molecule has 0 saturated heterocycles. The van der Waals surface area contributed by atoms with Crippen LogP contribution in [0.4, 0.5) is 17.7 Å². The minimum absolute atomic E-state index is 0.363. The summed E-state index contributed by atoms with van der Waals surface area (Å²) < 4.78 is 5.68. The molecule has 0 aliphatic carbocycles. The molecule has 9 nitrogen and oxygen atoms in total. The summed E-state index contributed by atoms with van der Waals surface area (Å²) in [7, 11) is 0. The fourth-order valence-corrected chi connectivity index (χ4v) is 2.34. The molecule has 4 aromatic rings. The predicted molar refractivity (Wildman–Crippen MR) is 97.4 cm³/mol. The Bertz CT molecular complexity index is 974. The van der Waals surface area contributed by atoms with Gasteiger partial charge in [-0.05, 0) is 18.2 Å². The van der Waals surface area contributed by atoms with Crippen molar-refractivity contribution in [2.75, 3.05) is 23.8 Å². The lowest BCUT2D eigenvalue weighted by atomic mass is 10.3. The molecule has 0 fully saturated rings. The van der Waals surface area contributed by atoms with Gasteiger partial charge in [0.05, 0.1) is 12.9 Å². The number of benzene rings is 1. The van der Waals surface area contributed by atoms with Gasteiger partial charge in [0, 0.05) is 12.4 Å². The van der Waals surface area contributed by atoms with E-state index >= 15 is 0 Å². The number of fused-ring (bicyclic) bond motifs is 1. The zero-order valence-corrected chi connectivity index (χ0v) is 13.8. The molecule has 0 saturated carbocycles. The van der Waals surface area contributed by atoms with Crippen molar-refractivity contribution in [3.05, 3.63) is 55.1 Å². The Morgan fingerprint density at radius 1 is 0.923 bits per heavy atom. The van der Waals surface area contributed by atoms with Crippen LogP contribution in [0.25, 0.3) is 11.2 Å². The molecule has 3 aromatic heterocycles. The van der Waals surface area contributed by atoms with E-state index in [4.69, 9.17) is 4.74 Å². The van der Waals surface area contributed by atoms with Crippen molar-refractivity contribution in [1.82, 2.24) is 29.9 Å². The average molecular weight is 348 g/mol. The van der Waals surface area contributed by atoms with Crippen LogP contribution >= 0.6 is 0 Å². The van der Waals surface area contributed by atoms with Crippen molar-refractivity contribution in [2.45, 2.75) is 0 Å². The Balaban J connectivity index is 1.46. The molecular formula is C17H16N8O. The number of para-hydroxylation sites is 1. The largest absolute Gasteiger partial charge is 0.492 e. The van der Waals surface area contributed by atoms with E-state index in [9.17, 15) is 0 Å². The van der Waals surface area contributed by atoms with Crippen molar-refractivity contribution in [3.8, 4) is 5.75 Å². The van der Waals surface area contributed by atoms with Crippen LogP contribution in [0, 0.1) is 0 Å². The molecule has 0 unspecified atom stereocenters. The van der Waals surface area contributed by atoms with Crippen LogP contribution in [0.2, 0.25) is 0 Å². The molecule has 130 valence electrons. The molecule has 3 heterocycles. The number of H-pyrrole nitrogens is 1. The Morgan fingerprint density at radius 3 is 2.62 bits per heavy atom. The van der Waals surface area contributed by atoms with Gasteiger partial charge >= 0.3 is 0 Å². The highest BCUT2D eigenvalue weighted by molar-refractivity contribution is 5.83. The van der Waals surface area contributed by atoms with Gasteiger partial charge < -0.3 is 15.0 Å². The Morgan fingerprint density at radius 2 is 1.77 bits per heavy atom. The molecule has 0 amide bonds. The van der Waals surface area contributed by atoms with E-state index in [2.05, 4.69) is 40.5 Å². The zero-order valence-electron chi connectivity index (χ0n) is 13.8. The molecule has 0 aliphatic heterocycles. The molecule has 0 radical (unpaired) electrons. The van der Waals surface area contributed by atoms with Crippen molar-refractivity contribution in [1.29, 1.82) is 0 Å². The molecule has 26 heavy (non-hydrogen) atoms. The van der Waals surface area contributed by atoms with E-state index in [1.54, 1.807) is 24.8 Å². The summed E-state index contributed by atoms with van der Waals surface area (Å²) in [5, 5.41) is 6.21. The van der Waals surface area contributed by atoms with Gasteiger partial charge in [0.1, 0.15) is 17.9 Å². The van der Waals surface area contributed by atoms with Gasteiger partial charge in [-0.1, -0.05) is 18.2 Å². The molecule has 9 heteroatoms. The molecular weight excluding hydrogens is 332 g/mol. The average Bonchev–Trinajstić information content (AvgIpc) is 3.15. The Labute approximate surface area is 148 Å². The first-order valence-electron chi connectivity index (χ1n) is 8.05. The van der Waals surface area contributed by atoms with Crippen LogP contribution in [0.5, 0.6) is 5.75 Å². The third-order valence-corrected chi connectivity index (χ3v) is 3.48. The second kappa shape index (κ2) is 7.43. The summed E-state index contributed by atoms with van der Waals surface area (Å²) in [6.07, 6.45) is 4.86. The number of aromatic amines is 1. The van der Waals surface area contributed by atoms with Crippen LogP contribution in [0.1, 0.15) is 0 Å². The van der Waals surface area contributed by atoms with E-state index in [-0.39, 0.29) is 0 Å². The topological polar surface area (TPSA) is 114 Å². The smallest absolute Gasteiger partial charge is 0.233 e. The van der Waals surface area contributed by atoms with Crippen LogP contribution in [0.15, 0.2) is 55.1 Å². The number of hydrogen-bond acceptors (Lipinski definition) is 8. The maximum atomic E-state index is 5.68. The van der Waals surface area contributed by atoms with E-state index in [1.165, 1.54) is 0 Å². The monoisotopic (exact) mass is 348 g/mol. The van der Waals surface area contributed by atoms with Gasteiger partial charge in [0.15, 0.2) is 11.5 Å². The van der Waals surface area contributed by atoms with Gasteiger partial charge in [-0.25, -0.2) is 15.0 Å². The number of aromatic nitrogens is 6. The number of nitrogens with one attached hydrogen (secondary N) is 3. The Hall–Kier alpha value is -3.75. The van der Waals surface area contributed by atoms with Gasteiger partial charge in [0.2, 0.25) is 11.9 Å². The SMILES string of the molecule is c1ccc(OCCNc2nc(Nc3ncccn3)nc3nc[nH]c23)cc1. The van der Waals surface area contributed by atoms with Crippen LogP contribution < -0.4 is 15.4 Å². The molecule has 0 aliphatic rings. The number of imidazole rings is 1. The highest BCUT2D eigenvalue weighted by atomic mass is 16.5. The highest BCUT2D eigenvalue weighted by Crippen LogP contribution is 2.19. The van der Waals surface area contributed by atoms with E-state index in [0.717, 1.165) is 11.3 Å². The molecule has 0 bridgehead atoms. The van der Waals surface area contributed by atoms with Crippen LogP contribution in [-0.2, 0) is 0 Å². The summed E-state index contributed by atoms with van der Waals surface area (Å²) >= 11 is 0. The van der Waals surface area contributed by atoms with Crippen LogP contribution in [0.3, 0.4) is 0 Å². The first kappa shape index (κ1) is 15.8. The fourth-order valence-electron chi connectivity index (χ4n) is 2.34. The minimum Gasteiger partial charge on any atom is -0.492 e. The second-order valence-electron chi connectivity index (χ2n) is 5.28. The first-order valence-corrected chi connectivity index (χ1v) is 8.05. The van der Waals surface area contributed by atoms with Gasteiger partial charge in [-0.15, -0.1) is 0 Å². The number of nitrogens with zero attached hydrogens (tertiary/aromatic N) is 5. The number of ether oxygens (including phenoxy) is 1. The van der Waals surface area contributed by atoms with Crippen molar-refractivity contribution in [2.24, 2.45) is 0 Å². The summed E-state index contributed by atoms with van der Waals surface area (Å²) in [5.74, 6) is 2.23. The zero-order chi connectivity index (χ0) is 17.6. The van der Waals surface area contributed by atoms with Gasteiger partial charge in [0.25, 0.3) is 0 Å². The molecule has 4 rings (SSSR count). The lowest BCUT2D eigenvalue weighted by Crippen LogP contribution is -2.13. The highest BCUT2D eigenvalue weighted by Gasteiger charge is 2.10. The van der Waals surface area contributed by atoms with Crippen LogP contribution in [-0.4, -0.2) is 43.1 Å². The van der Waals surface area contributed by atoms with E-state index < -0.39 is 0 Å². The molecule has 3 N–H and O–H groups in total. The predicted octanol–water partition coefficient (Wildman–Crippen LogP) is 2.38. The first-order chi connectivity index (χ1) is 12.9. The summed E-state index contributed by atoms with van der Waals surface area (Å²) in [6, 6.07) is 11.4. The number of hydrogen-bond donors (Lipinski definition) is 3. The normalized spacial score (nSPS) is 10.6. The summed E-state index contributed by atoms with van der Waals surface area (Å²) in [4.78, 5) is 24.3. The van der Waals surface area contributed by atoms with Gasteiger partial charge in [-0.2, -0.15) is 9.97 Å². The Kier molecular flexibility index (Phi) is 4.50. The van der Waals surface area contributed by atoms with E-state index in [1.807, 2.05) is 30.3 Å².